The zero-order chi connectivity index (χ0) is 92.6. The highest BCUT2D eigenvalue weighted by Gasteiger charge is 2.23. The Labute approximate surface area is 778 Å². The van der Waals surface area contributed by atoms with Crippen LogP contribution in [0.2, 0.25) is 30.7 Å². The molecule has 49 heteroatoms. The molecule has 36 nitrogen and oxygen atoms in total. The van der Waals surface area contributed by atoms with Crippen molar-refractivity contribution in [2.75, 3.05) is 81.9 Å². The number of anilines is 2. The van der Waals surface area contributed by atoms with Crippen molar-refractivity contribution < 1.29 is 57.5 Å². The summed E-state index contributed by atoms with van der Waals surface area (Å²) in [5.74, 6) is 4.51. The number of hydrogen-bond donors (Lipinski definition) is 5. The van der Waals surface area contributed by atoms with Gasteiger partial charge in [-0.25, -0.2) is 39.9 Å². The highest BCUT2D eigenvalue weighted by molar-refractivity contribution is 14.0. The quantitative estimate of drug-likeness (QED) is 0.0186. The normalized spacial score (nSPS) is 9.94. The number of halogens is 10. The molecule has 5 radical (unpaired) electrons. The molecule has 0 unspecified atom stereocenters. The number of nitrogen functional groups attached to an aromatic ring is 2. The third-order valence-corrected chi connectivity index (χ3v) is 18.3. The van der Waals surface area contributed by atoms with E-state index in [1.165, 1.54) is 91.7 Å². The highest BCUT2D eigenvalue weighted by atomic mass is 127. The fraction of sp³-hybridized carbons (Fsp3) is 0.240. The largest absolute Gasteiger partial charge is 0.693 e. The van der Waals surface area contributed by atoms with Gasteiger partial charge in [0.25, 0.3) is 22.2 Å². The van der Waals surface area contributed by atoms with Crippen molar-refractivity contribution in [1.29, 1.82) is 5.26 Å². The van der Waals surface area contributed by atoms with E-state index >= 15 is 0 Å². The Morgan fingerprint density at radius 1 is 0.492 bits per heavy atom. The van der Waals surface area contributed by atoms with Crippen LogP contribution >= 0.6 is 133 Å². The summed E-state index contributed by atoms with van der Waals surface area (Å²) < 4.78 is 50.6. The number of nitrogens with zero attached hydrogens (tertiary/aromatic N) is 17. The van der Waals surface area contributed by atoms with Crippen LogP contribution in [0.3, 0.4) is 0 Å². The summed E-state index contributed by atoms with van der Waals surface area (Å²) in [4.78, 5) is 100. The lowest BCUT2D eigenvalue weighted by atomic mass is 9.80. The summed E-state index contributed by atoms with van der Waals surface area (Å²) in [5.41, 5.74) is 18.2. The number of rotatable bonds is 17. The Morgan fingerprint density at radius 2 is 0.847 bits per heavy atom. The van der Waals surface area contributed by atoms with Crippen LogP contribution in [0, 0.1) is 25.2 Å². The predicted octanol–water partition coefficient (Wildman–Crippen LogP) is 9.86. The molecule has 12 aromatic rings. The van der Waals surface area contributed by atoms with Gasteiger partial charge in [-0.3, -0.25) is 38.1 Å². The number of benzene rings is 4. The summed E-state index contributed by atoms with van der Waals surface area (Å²) in [5, 5.41) is 35.6. The Balaban J connectivity index is 0.000000386. The smallest absolute Gasteiger partial charge is 0.488 e. The van der Waals surface area contributed by atoms with Gasteiger partial charge in [0.15, 0.2) is 16.8 Å². The first-order chi connectivity index (χ1) is 58.2. The van der Waals surface area contributed by atoms with Crippen molar-refractivity contribution in [3.8, 4) is 120 Å². The predicted molar refractivity (Wildman–Crippen MR) is 495 cm³/mol. The van der Waals surface area contributed by atoms with Crippen LogP contribution in [-0.4, -0.2) is 191 Å². The average Bonchev–Trinajstić information content (AvgIpc) is 0.941. The molecule has 0 fully saturated rings. The third kappa shape index (κ3) is 31.0. The van der Waals surface area contributed by atoms with E-state index < -0.39 is 17.6 Å². The first-order valence-electron chi connectivity index (χ1n) is 34.4. The van der Waals surface area contributed by atoms with Gasteiger partial charge in [0.1, 0.15) is 94.5 Å². The van der Waals surface area contributed by atoms with Crippen molar-refractivity contribution in [1.82, 2.24) is 83.0 Å². The lowest BCUT2D eigenvalue weighted by Gasteiger charge is -2.13. The molecule has 0 saturated carbocycles. The zero-order valence-electron chi connectivity index (χ0n) is 69.0. The van der Waals surface area contributed by atoms with Gasteiger partial charge < -0.3 is 98.5 Å². The molecule has 0 aliphatic carbocycles. The van der Waals surface area contributed by atoms with Crippen LogP contribution in [0.1, 0.15) is 11.4 Å². The second-order valence-corrected chi connectivity index (χ2v) is 27.8. The van der Waals surface area contributed by atoms with Gasteiger partial charge in [-0.2, -0.15) is 15.5 Å². The number of ether oxygens (including phenoxy) is 8. The number of aromatic nitrogens is 16. The second-order valence-electron chi connectivity index (χ2n) is 24.1. The van der Waals surface area contributed by atoms with E-state index in [2.05, 4.69) is 110 Å². The summed E-state index contributed by atoms with van der Waals surface area (Å²) in [7, 11) is 30.4. The molecule has 8 aromatic heterocycles. The molecule has 0 atom stereocenters. The maximum atomic E-state index is 13.0. The van der Waals surface area contributed by atoms with Gasteiger partial charge >= 0.3 is 17.6 Å². The molecule has 0 amide bonds. The maximum Gasteiger partial charge on any atom is 0.488 e. The SMILES string of the molecule is CNCC#N.COc1cc(OC)c(Cl)c(-c2nc(-c3nc(-c4cn(C)nc4C)cnc3N)cn(C)c2=O)c1.COc1cc(OC)c(Cl)c(-c2nc(Cl)cn(C)c2=O)c1.COc1cc(OC)cc(-c2nc(Cl)cn(C)c2=O)c1.COc1cc(OC)cc(B(O)O)c1.Cc1nn(C)cc1-c1cnc(N)c(Br)n1.Cn1cc(Cl)nc(Cl)c1=O.I.O=C(Cl)C(=O)Cl.[B][B-]. The lowest BCUT2D eigenvalue weighted by Crippen LogP contribution is -2.29. The van der Waals surface area contributed by atoms with Crippen molar-refractivity contribution in [3.63, 3.8) is 0 Å². The van der Waals surface area contributed by atoms with Crippen molar-refractivity contribution in [2.24, 2.45) is 42.3 Å². The van der Waals surface area contributed by atoms with E-state index in [1.54, 1.807) is 126 Å². The van der Waals surface area contributed by atoms with E-state index in [-0.39, 0.29) is 99.8 Å². The molecule has 124 heavy (non-hydrogen) atoms. The molecular weight excluding hydrogens is 1960 g/mol. The molecule has 0 saturated heterocycles. The summed E-state index contributed by atoms with van der Waals surface area (Å²) in [6, 6.07) is 18.3. The molecule has 0 aliphatic rings. The lowest BCUT2D eigenvalue weighted by molar-refractivity contribution is -0.127. The topological polar surface area (TPSA) is 463 Å². The Kier molecular flexibility index (Phi) is 45.3. The monoisotopic (exact) mass is 2030 g/mol. The number of nitriles is 1. The summed E-state index contributed by atoms with van der Waals surface area (Å²) in [6.07, 6.45) is 12.8. The van der Waals surface area contributed by atoms with Gasteiger partial charge in [-0.05, 0) is 102 Å². The van der Waals surface area contributed by atoms with Crippen molar-refractivity contribution >= 4 is 183 Å². The minimum absolute atomic E-state index is 0. The number of aryl methyl sites for hydroxylation is 8. The van der Waals surface area contributed by atoms with Gasteiger partial charge in [0.2, 0.25) is 0 Å². The third-order valence-electron chi connectivity index (χ3n) is 15.7. The number of hydrogen-bond acceptors (Lipinski definition) is 30. The number of nitrogens with one attached hydrogen (secondary N) is 1. The summed E-state index contributed by atoms with van der Waals surface area (Å²) in [6.45, 7) is 4.26. The molecule has 4 aromatic carbocycles. The fourth-order valence-corrected chi connectivity index (χ4v) is 11.7. The average molecular weight is 2040 g/mol. The summed E-state index contributed by atoms with van der Waals surface area (Å²) >= 11 is 47.6. The highest BCUT2D eigenvalue weighted by Crippen LogP contribution is 2.40. The van der Waals surface area contributed by atoms with Gasteiger partial charge in [0.05, 0.1) is 115 Å². The van der Waals surface area contributed by atoms with E-state index in [1.807, 2.05) is 46.4 Å². The number of carbonyl (C=O) groups excluding carboxylic acids is 2. The Bertz CT molecular complexity index is 5910. The van der Waals surface area contributed by atoms with Crippen LogP contribution in [0.15, 0.2) is 134 Å². The van der Waals surface area contributed by atoms with Crippen molar-refractivity contribution in [2.45, 2.75) is 13.8 Å². The minimum atomic E-state index is -1.51. The van der Waals surface area contributed by atoms with Gasteiger partial charge in [-0.15, -0.1) is 24.0 Å². The minimum Gasteiger partial charge on any atom is -0.693 e. The Hall–Kier alpha value is -10.6. The van der Waals surface area contributed by atoms with Crippen LogP contribution in [-0.2, 0) is 51.9 Å². The van der Waals surface area contributed by atoms with Gasteiger partial charge in [0, 0.05) is 132 Å². The molecule has 7 N–H and O–H groups in total. The zero-order valence-corrected chi connectivity index (χ0v) is 79.0. The Morgan fingerprint density at radius 3 is 1.20 bits per heavy atom. The van der Waals surface area contributed by atoms with Gasteiger partial charge in [-0.1, -0.05) is 69.6 Å². The number of methoxy groups -OCH3 is 8. The number of carbonyl (C=O) groups is 2. The molecule has 12 rings (SSSR count). The molecular formula is C75H79B3BrCl8IN20O16-. The maximum absolute atomic E-state index is 13.0. The van der Waals surface area contributed by atoms with E-state index in [0.717, 1.165) is 28.2 Å². The first kappa shape index (κ1) is 108. The first-order valence-corrected chi connectivity index (χ1v) is 38.2. The standard InChI is InChI=1S/C22H22ClN7O3.C13H12Cl2N2O3.C13H13ClN2O3.C9H10BrN5.C8H11BO4.C5H4Cl2N2O.C3H6N2.C2Cl2O2.B2.HI/c1-11-14(9-30(3)28-11)15-8-25-21(24)20(26-15)16-10-29(2)22(31)19(27-16)13-6-12(32-4)7-17(33-5)18(13)23;1-17-6-10(14)16-12(13(17)18)8-4-7(19-2)5-9(20-3)11(8)15;1-16-7-11(14)15-12(13(16)17)8-4-9(18-2)6-10(5-8)19-3;1-5-6(4-15(2)14-5)7-3-12-9(11)8(10)13-7;1-12-7-3-6(9(10)11)4-8(5-7)13-2;1-9-2-3(6)8-4(7)5(9)10;1-5-3-2-4;3-1(5)2(4)6;1-2;/h6-10H,1-5H3,(H2,24,25);4-6H,1-3H3;4-7H,1-3H3;3-4H,1-2H3,(H2,11,12);3-5,10-11H,1-2H3;2H,1H3;5H,3H2,1H3;;;1H/q;;;;;;;;-1;. The molecule has 0 spiro atoms. The van der Waals surface area contributed by atoms with E-state index in [0.29, 0.717) is 102 Å². The molecule has 655 valence electrons. The fourth-order valence-electron chi connectivity index (χ4n) is 9.88. The van der Waals surface area contributed by atoms with Crippen LogP contribution in [0.25, 0.3) is 67.7 Å². The van der Waals surface area contributed by atoms with E-state index in [4.69, 9.17) is 134 Å². The molecule has 0 aliphatic heterocycles. The number of nitrogens with two attached hydrogens (primary N) is 2. The second kappa shape index (κ2) is 52.3. The van der Waals surface area contributed by atoms with Crippen LogP contribution < -0.4 is 82.4 Å². The van der Waals surface area contributed by atoms with Crippen LogP contribution in [0.5, 0.6) is 46.0 Å². The molecule has 0 bridgehead atoms. The van der Waals surface area contributed by atoms with Crippen molar-refractivity contribution in [3.05, 3.63) is 198 Å². The molecule has 8 heterocycles. The van der Waals surface area contributed by atoms with E-state index in [9.17, 15) is 28.8 Å². The van der Waals surface area contributed by atoms with Crippen LogP contribution in [0.4, 0.5) is 11.6 Å².